The molecule has 0 aromatic rings. The van der Waals surface area contributed by atoms with Gasteiger partial charge in [0.25, 0.3) is 0 Å². The van der Waals surface area contributed by atoms with E-state index in [2.05, 4.69) is 34.6 Å². The first-order chi connectivity index (χ1) is 28.7. The highest BCUT2D eigenvalue weighted by atomic mass is 16.6. The van der Waals surface area contributed by atoms with Crippen LogP contribution in [0.2, 0.25) is 0 Å². The van der Waals surface area contributed by atoms with Crippen molar-refractivity contribution in [3.63, 3.8) is 0 Å². The molecule has 0 saturated heterocycles. The second-order valence-corrected chi connectivity index (χ2v) is 19.1. The molecule has 0 aliphatic carbocycles. The second-order valence-electron chi connectivity index (χ2n) is 19.1. The average molecular weight is 835 g/mol. The zero-order chi connectivity index (χ0) is 43.3. The lowest BCUT2D eigenvalue weighted by Crippen LogP contribution is -2.30. The Bertz CT molecular complexity index is 900. The van der Waals surface area contributed by atoms with E-state index in [1.807, 2.05) is 0 Å². The molecule has 0 heterocycles. The maximum Gasteiger partial charge on any atom is 0.306 e. The predicted molar refractivity (Wildman–Crippen MR) is 252 cm³/mol. The van der Waals surface area contributed by atoms with Gasteiger partial charge in [-0.05, 0) is 31.1 Å². The van der Waals surface area contributed by atoms with Gasteiger partial charge in [0.2, 0.25) is 0 Å². The predicted octanol–water partition coefficient (Wildman–Crippen LogP) is 16.9. The number of carbonyl (C=O) groups is 3. The maximum absolute atomic E-state index is 12.8. The molecule has 6 heteroatoms. The summed E-state index contributed by atoms with van der Waals surface area (Å²) in [5, 5.41) is 0. The lowest BCUT2D eigenvalue weighted by molar-refractivity contribution is -0.167. The number of hydrogen-bond donors (Lipinski definition) is 0. The van der Waals surface area contributed by atoms with Crippen molar-refractivity contribution in [2.24, 2.45) is 11.8 Å². The molecule has 0 amide bonds. The zero-order valence-corrected chi connectivity index (χ0v) is 40.4. The molecule has 0 fully saturated rings. The van der Waals surface area contributed by atoms with Crippen LogP contribution in [0.15, 0.2) is 0 Å². The number of unbranched alkanes of at least 4 members (excludes halogenated alkanes) is 32. The first-order valence-electron chi connectivity index (χ1n) is 26.2. The standard InChI is InChI=1S/C53H102O6/c1-6-7-8-9-10-11-12-13-14-15-16-17-24-30-35-40-45-53(56)59-50(47-58-52(55)44-39-34-29-25-20-22-27-32-37-42-49(4)5)46-57-51(54)43-38-33-28-23-19-18-21-26-31-36-41-48(2)3/h48-50H,6-47H2,1-5H3/t50-/m0/s1. The molecule has 0 unspecified atom stereocenters. The van der Waals surface area contributed by atoms with Crippen molar-refractivity contribution >= 4 is 17.9 Å². The average Bonchev–Trinajstić information content (AvgIpc) is 3.20. The van der Waals surface area contributed by atoms with Gasteiger partial charge in [-0.15, -0.1) is 0 Å². The summed E-state index contributed by atoms with van der Waals surface area (Å²) in [4.78, 5) is 37.9. The summed E-state index contributed by atoms with van der Waals surface area (Å²) in [6.45, 7) is 11.3. The Hall–Kier alpha value is -1.59. The topological polar surface area (TPSA) is 78.9 Å². The molecular formula is C53H102O6. The van der Waals surface area contributed by atoms with E-state index in [4.69, 9.17) is 14.2 Å². The molecule has 0 aromatic heterocycles. The molecule has 0 N–H and O–H groups in total. The summed E-state index contributed by atoms with van der Waals surface area (Å²) in [7, 11) is 0. The lowest BCUT2D eigenvalue weighted by atomic mass is 10.0. The molecule has 0 bridgehead atoms. The first-order valence-corrected chi connectivity index (χ1v) is 26.2. The Morgan fingerprint density at radius 2 is 0.559 bits per heavy atom. The van der Waals surface area contributed by atoms with Crippen LogP contribution < -0.4 is 0 Å². The summed E-state index contributed by atoms with van der Waals surface area (Å²) in [5.41, 5.74) is 0. The number of rotatable bonds is 47. The summed E-state index contributed by atoms with van der Waals surface area (Å²) in [6, 6.07) is 0. The van der Waals surface area contributed by atoms with Crippen LogP contribution in [0.3, 0.4) is 0 Å². The Labute approximate surface area is 368 Å². The molecule has 6 nitrogen and oxygen atoms in total. The molecule has 0 saturated carbocycles. The molecule has 0 aromatic carbocycles. The van der Waals surface area contributed by atoms with Gasteiger partial charge in [0.15, 0.2) is 6.10 Å². The molecule has 0 radical (unpaired) electrons. The number of esters is 3. The lowest BCUT2D eigenvalue weighted by Gasteiger charge is -2.18. The van der Waals surface area contributed by atoms with Gasteiger partial charge in [-0.1, -0.05) is 253 Å². The third-order valence-electron chi connectivity index (χ3n) is 12.0. The van der Waals surface area contributed by atoms with E-state index < -0.39 is 6.10 Å². The highest BCUT2D eigenvalue weighted by Crippen LogP contribution is 2.17. The van der Waals surface area contributed by atoms with Crippen molar-refractivity contribution in [3.05, 3.63) is 0 Å². The summed E-state index contributed by atoms with van der Waals surface area (Å²) < 4.78 is 16.8. The van der Waals surface area contributed by atoms with Crippen molar-refractivity contribution in [2.45, 2.75) is 298 Å². The fraction of sp³-hybridized carbons (Fsp3) is 0.943. The van der Waals surface area contributed by atoms with E-state index >= 15 is 0 Å². The second kappa shape index (κ2) is 45.9. The van der Waals surface area contributed by atoms with Gasteiger partial charge < -0.3 is 14.2 Å². The van der Waals surface area contributed by atoms with Crippen LogP contribution in [0, 0.1) is 11.8 Å². The quantitative estimate of drug-likeness (QED) is 0.0345. The van der Waals surface area contributed by atoms with E-state index in [1.54, 1.807) is 0 Å². The molecular weight excluding hydrogens is 733 g/mol. The monoisotopic (exact) mass is 835 g/mol. The van der Waals surface area contributed by atoms with Gasteiger partial charge in [-0.2, -0.15) is 0 Å². The van der Waals surface area contributed by atoms with E-state index in [1.165, 1.54) is 180 Å². The third kappa shape index (κ3) is 47.3. The summed E-state index contributed by atoms with van der Waals surface area (Å²) in [6.07, 6.45) is 46.6. The van der Waals surface area contributed by atoms with E-state index in [-0.39, 0.29) is 31.1 Å². The highest BCUT2D eigenvalue weighted by Gasteiger charge is 2.19. The van der Waals surface area contributed by atoms with Gasteiger partial charge in [0.05, 0.1) is 0 Å². The van der Waals surface area contributed by atoms with Crippen LogP contribution >= 0.6 is 0 Å². The molecule has 350 valence electrons. The van der Waals surface area contributed by atoms with Gasteiger partial charge in [0, 0.05) is 19.3 Å². The van der Waals surface area contributed by atoms with Crippen molar-refractivity contribution < 1.29 is 28.6 Å². The van der Waals surface area contributed by atoms with Crippen LogP contribution in [-0.2, 0) is 28.6 Å². The Morgan fingerprint density at radius 3 is 0.831 bits per heavy atom. The molecule has 0 aliphatic rings. The van der Waals surface area contributed by atoms with Crippen molar-refractivity contribution in [3.8, 4) is 0 Å². The Morgan fingerprint density at radius 1 is 0.322 bits per heavy atom. The van der Waals surface area contributed by atoms with Crippen LogP contribution in [0.25, 0.3) is 0 Å². The summed E-state index contributed by atoms with van der Waals surface area (Å²) in [5.74, 6) is 0.779. The molecule has 59 heavy (non-hydrogen) atoms. The van der Waals surface area contributed by atoms with Gasteiger partial charge in [-0.3, -0.25) is 14.4 Å². The first kappa shape index (κ1) is 57.4. The third-order valence-corrected chi connectivity index (χ3v) is 12.0. The fourth-order valence-electron chi connectivity index (χ4n) is 7.99. The maximum atomic E-state index is 12.8. The highest BCUT2D eigenvalue weighted by molar-refractivity contribution is 5.71. The van der Waals surface area contributed by atoms with Crippen LogP contribution in [0.4, 0.5) is 0 Å². The van der Waals surface area contributed by atoms with E-state index in [0.717, 1.165) is 69.6 Å². The largest absolute Gasteiger partial charge is 0.462 e. The minimum atomic E-state index is -0.762. The molecule has 1 atom stereocenters. The Kier molecular flexibility index (Phi) is 44.7. The molecule has 0 aliphatic heterocycles. The van der Waals surface area contributed by atoms with Gasteiger partial charge >= 0.3 is 17.9 Å². The van der Waals surface area contributed by atoms with Crippen molar-refractivity contribution in [2.75, 3.05) is 13.2 Å². The van der Waals surface area contributed by atoms with E-state index in [9.17, 15) is 14.4 Å². The van der Waals surface area contributed by atoms with Crippen LogP contribution in [-0.4, -0.2) is 37.2 Å². The number of ether oxygens (including phenoxy) is 3. The van der Waals surface area contributed by atoms with Gasteiger partial charge in [-0.25, -0.2) is 0 Å². The van der Waals surface area contributed by atoms with E-state index in [0.29, 0.717) is 19.3 Å². The van der Waals surface area contributed by atoms with Crippen molar-refractivity contribution in [1.29, 1.82) is 0 Å². The zero-order valence-electron chi connectivity index (χ0n) is 40.4. The number of hydrogen-bond acceptors (Lipinski definition) is 6. The van der Waals surface area contributed by atoms with Crippen LogP contribution in [0.5, 0.6) is 0 Å². The minimum Gasteiger partial charge on any atom is -0.462 e. The number of carbonyl (C=O) groups excluding carboxylic acids is 3. The molecule has 0 spiro atoms. The normalized spacial score (nSPS) is 12.1. The van der Waals surface area contributed by atoms with Crippen LogP contribution in [0.1, 0.15) is 291 Å². The minimum absolute atomic E-state index is 0.0640. The smallest absolute Gasteiger partial charge is 0.306 e. The summed E-state index contributed by atoms with van der Waals surface area (Å²) >= 11 is 0. The Balaban J connectivity index is 4.31. The van der Waals surface area contributed by atoms with Gasteiger partial charge in [0.1, 0.15) is 13.2 Å². The van der Waals surface area contributed by atoms with Crippen molar-refractivity contribution in [1.82, 2.24) is 0 Å². The fourth-order valence-corrected chi connectivity index (χ4v) is 7.99. The SMILES string of the molecule is CCCCCCCCCCCCCCCCCCC(=O)O[C@@H](COC(=O)CCCCCCCCCCCCC(C)C)COC(=O)CCCCCCCCCCCC(C)C. The molecule has 0 rings (SSSR count).